The van der Waals surface area contributed by atoms with Gasteiger partial charge in [-0.15, -0.1) is 0 Å². The molecule has 2 fully saturated rings. The molecule has 5 rings (SSSR count). The van der Waals surface area contributed by atoms with Crippen LogP contribution in [0.1, 0.15) is 54.2 Å². The van der Waals surface area contributed by atoms with Gasteiger partial charge in [0.25, 0.3) is 5.91 Å². The summed E-state index contributed by atoms with van der Waals surface area (Å²) in [5.74, 6) is -0.718. The van der Waals surface area contributed by atoms with Gasteiger partial charge in [-0.05, 0) is 49.8 Å². The molecule has 1 aliphatic carbocycles. The summed E-state index contributed by atoms with van der Waals surface area (Å²) in [4.78, 5) is 30.9. The number of methoxy groups -OCH3 is 1. The zero-order valence-electron chi connectivity index (χ0n) is 22.4. The molecule has 3 heterocycles. The lowest BCUT2D eigenvalue weighted by Crippen LogP contribution is -2.38. The first-order valence-corrected chi connectivity index (χ1v) is 15.2. The molecule has 12 nitrogen and oxygen atoms in total. The van der Waals surface area contributed by atoms with Gasteiger partial charge < -0.3 is 20.1 Å². The van der Waals surface area contributed by atoms with Crippen LogP contribution in [0, 0.1) is 5.92 Å². The second-order valence-corrected chi connectivity index (χ2v) is 12.2. The highest BCUT2D eigenvalue weighted by atomic mass is 32.2. The number of pyridine rings is 1. The zero-order chi connectivity index (χ0) is 28.3. The van der Waals surface area contributed by atoms with Crippen LogP contribution >= 0.6 is 0 Å². The molecule has 214 valence electrons. The van der Waals surface area contributed by atoms with Gasteiger partial charge >= 0.3 is 6.09 Å². The first-order valence-electron chi connectivity index (χ1n) is 13.5. The van der Waals surface area contributed by atoms with E-state index in [9.17, 15) is 18.0 Å². The highest BCUT2D eigenvalue weighted by Gasteiger charge is 2.32. The van der Waals surface area contributed by atoms with Crippen molar-refractivity contribution in [2.24, 2.45) is 5.92 Å². The average molecular weight is 571 g/mol. The van der Waals surface area contributed by atoms with Crippen LogP contribution in [0.4, 0.5) is 10.5 Å². The fourth-order valence-corrected chi connectivity index (χ4v) is 6.18. The maximum Gasteiger partial charge on any atom is 0.404 e. The Balaban J connectivity index is 1.58. The normalized spacial score (nSPS) is 16.6. The highest BCUT2D eigenvalue weighted by molar-refractivity contribution is 7.90. The molecule has 0 spiro atoms. The van der Waals surface area contributed by atoms with Gasteiger partial charge in [0.05, 0.1) is 28.2 Å². The molecule has 2 aromatic heterocycles. The van der Waals surface area contributed by atoms with Gasteiger partial charge in [-0.2, -0.15) is 5.10 Å². The molecule has 1 saturated heterocycles. The fraction of sp³-hybridized carbons (Fsp3) is 0.481. The van der Waals surface area contributed by atoms with Crippen LogP contribution in [0.3, 0.4) is 0 Å². The molecule has 0 atom stereocenters. The van der Waals surface area contributed by atoms with Crippen LogP contribution in [0.5, 0.6) is 0 Å². The van der Waals surface area contributed by atoms with E-state index in [1.807, 2.05) is 40.4 Å². The number of piperidine rings is 1. The van der Waals surface area contributed by atoms with Gasteiger partial charge in [0.2, 0.25) is 10.0 Å². The van der Waals surface area contributed by atoms with Gasteiger partial charge in [-0.25, -0.2) is 27.6 Å². The molecule has 1 saturated carbocycles. The van der Waals surface area contributed by atoms with Crippen molar-refractivity contribution in [1.29, 1.82) is 0 Å². The topological polar surface area (TPSA) is 156 Å². The summed E-state index contributed by atoms with van der Waals surface area (Å²) < 4.78 is 34.2. The summed E-state index contributed by atoms with van der Waals surface area (Å²) in [7, 11) is -2.40. The van der Waals surface area contributed by atoms with Crippen molar-refractivity contribution in [3.8, 4) is 5.69 Å². The number of anilines is 1. The number of carbonyl (C=O) groups is 2. The largest absolute Gasteiger partial charge is 0.465 e. The quantitative estimate of drug-likeness (QED) is 0.334. The van der Waals surface area contributed by atoms with Crippen LogP contribution in [0.2, 0.25) is 0 Å². The lowest BCUT2D eigenvalue weighted by atomic mass is 9.82. The molecule has 2 amide bonds. The number of hydrogen-bond acceptors (Lipinski definition) is 8. The van der Waals surface area contributed by atoms with Crippen LogP contribution in [-0.4, -0.2) is 79.4 Å². The third-order valence-corrected chi connectivity index (χ3v) is 8.86. The minimum atomic E-state index is -4.11. The summed E-state index contributed by atoms with van der Waals surface area (Å²) in [6, 6.07) is 11.2. The first-order chi connectivity index (χ1) is 19.3. The molecule has 3 aromatic rings. The number of amides is 2. The second-order valence-electron chi connectivity index (χ2n) is 10.4. The maximum absolute atomic E-state index is 13.3. The SMILES string of the molecule is COCC1CCN(c2cc(C(=O)NS(=O)(=O)CCNC(=O)O)nc3c2c(C2CCC2)nn3-c2ccccc2)CC1. The smallest absolute Gasteiger partial charge is 0.404 e. The number of carbonyl (C=O) groups excluding carboxylic acids is 1. The number of aromatic nitrogens is 3. The second kappa shape index (κ2) is 11.8. The van der Waals surface area contributed by atoms with Crippen LogP contribution < -0.4 is 14.9 Å². The molecule has 2 aliphatic rings. The molecule has 1 aromatic carbocycles. The lowest BCUT2D eigenvalue weighted by Gasteiger charge is -2.34. The predicted molar refractivity (Wildman–Crippen MR) is 150 cm³/mol. The van der Waals surface area contributed by atoms with E-state index in [0.29, 0.717) is 24.1 Å². The van der Waals surface area contributed by atoms with E-state index < -0.39 is 27.8 Å². The van der Waals surface area contributed by atoms with Crippen molar-refractivity contribution < 1.29 is 27.9 Å². The molecule has 0 unspecified atom stereocenters. The van der Waals surface area contributed by atoms with Crippen molar-refractivity contribution in [2.45, 2.75) is 38.0 Å². The molecule has 40 heavy (non-hydrogen) atoms. The van der Waals surface area contributed by atoms with Gasteiger partial charge in [-0.3, -0.25) is 4.79 Å². The predicted octanol–water partition coefficient (Wildman–Crippen LogP) is 2.88. The molecular formula is C27H34N6O6S. The highest BCUT2D eigenvalue weighted by Crippen LogP contribution is 2.43. The van der Waals surface area contributed by atoms with Gasteiger partial charge in [0.1, 0.15) is 5.69 Å². The minimum absolute atomic E-state index is 0.0477. The van der Waals surface area contributed by atoms with E-state index in [4.69, 9.17) is 14.9 Å². The number of sulfonamides is 1. The Morgan fingerprint density at radius 3 is 2.48 bits per heavy atom. The van der Waals surface area contributed by atoms with Crippen molar-refractivity contribution in [2.75, 3.05) is 44.0 Å². The van der Waals surface area contributed by atoms with Crippen molar-refractivity contribution in [1.82, 2.24) is 24.8 Å². The number of fused-ring (bicyclic) bond motifs is 1. The van der Waals surface area contributed by atoms with Gasteiger partial charge in [0.15, 0.2) is 5.65 Å². The maximum atomic E-state index is 13.3. The summed E-state index contributed by atoms with van der Waals surface area (Å²) >= 11 is 0. The number of para-hydroxylation sites is 1. The van der Waals surface area contributed by atoms with E-state index in [1.54, 1.807) is 17.9 Å². The molecule has 1 aliphatic heterocycles. The third kappa shape index (κ3) is 6.04. The van der Waals surface area contributed by atoms with Crippen LogP contribution in [0.15, 0.2) is 36.4 Å². The van der Waals surface area contributed by atoms with E-state index >= 15 is 0 Å². The lowest BCUT2D eigenvalue weighted by molar-refractivity contribution is 0.0977. The number of benzene rings is 1. The first kappa shape index (κ1) is 27.8. The van der Waals surface area contributed by atoms with Gasteiger partial charge in [0, 0.05) is 39.3 Å². The summed E-state index contributed by atoms with van der Waals surface area (Å²) in [6.07, 6.45) is 3.70. The number of nitrogens with one attached hydrogen (secondary N) is 2. The Kier molecular flexibility index (Phi) is 8.22. The minimum Gasteiger partial charge on any atom is -0.465 e. The number of carboxylic acid groups (broad SMARTS) is 1. The average Bonchev–Trinajstić information content (AvgIpc) is 3.27. The fourth-order valence-electron chi connectivity index (χ4n) is 5.32. The summed E-state index contributed by atoms with van der Waals surface area (Å²) in [5, 5.41) is 16.6. The van der Waals surface area contributed by atoms with E-state index in [0.717, 1.165) is 67.6 Å². The van der Waals surface area contributed by atoms with Crippen LogP contribution in [-0.2, 0) is 14.8 Å². The van der Waals surface area contributed by atoms with Crippen LogP contribution in [0.25, 0.3) is 16.7 Å². The Hall–Kier alpha value is -3.71. The van der Waals surface area contributed by atoms with E-state index in [2.05, 4.69) is 9.88 Å². The van der Waals surface area contributed by atoms with Crippen molar-refractivity contribution in [3.63, 3.8) is 0 Å². The van der Waals surface area contributed by atoms with Crippen molar-refractivity contribution in [3.05, 3.63) is 47.8 Å². The molecular weight excluding hydrogens is 536 g/mol. The number of hydrogen-bond donors (Lipinski definition) is 3. The standard InChI is InChI=1S/C27H34N6O6S/c1-39-17-18-10-13-32(14-11-18)22-16-21(26(34)31-40(37,38)15-12-28-27(35)36)29-25-23(22)24(19-6-5-7-19)30-33(25)20-8-3-2-4-9-20/h2-4,8-9,16,18-19,28H,5-7,10-15,17H2,1H3,(H,31,34)(H,35,36). The van der Waals surface area contributed by atoms with Crippen molar-refractivity contribution >= 4 is 38.7 Å². The Bertz CT molecular complexity index is 1480. The Labute approximate surface area is 232 Å². The number of ether oxygens (including phenoxy) is 1. The Morgan fingerprint density at radius 2 is 1.85 bits per heavy atom. The number of nitrogens with zero attached hydrogens (tertiary/aromatic N) is 4. The molecule has 0 radical (unpaired) electrons. The zero-order valence-corrected chi connectivity index (χ0v) is 23.2. The summed E-state index contributed by atoms with van der Waals surface area (Å²) in [6.45, 7) is 1.86. The molecule has 13 heteroatoms. The monoisotopic (exact) mass is 570 g/mol. The molecule has 0 bridgehead atoms. The van der Waals surface area contributed by atoms with E-state index in [1.165, 1.54) is 0 Å². The summed E-state index contributed by atoms with van der Waals surface area (Å²) in [5.41, 5.74) is 3.01. The Morgan fingerprint density at radius 1 is 1.12 bits per heavy atom. The van der Waals surface area contributed by atoms with E-state index in [-0.39, 0.29) is 12.2 Å². The molecule has 3 N–H and O–H groups in total. The third-order valence-electron chi connectivity index (χ3n) is 7.62. The van der Waals surface area contributed by atoms with Gasteiger partial charge in [-0.1, -0.05) is 24.6 Å². The number of rotatable bonds is 10.